The van der Waals surface area contributed by atoms with E-state index in [-0.39, 0.29) is 0 Å². The molecule has 1 unspecified atom stereocenters. The molecule has 0 heterocycles. The fourth-order valence-corrected chi connectivity index (χ4v) is 0.445. The summed E-state index contributed by atoms with van der Waals surface area (Å²) >= 11 is 8.69. The van der Waals surface area contributed by atoms with Gasteiger partial charge in [-0.05, 0) is 16.8 Å². The highest BCUT2D eigenvalue weighted by molar-refractivity contribution is 7.49. The van der Waals surface area contributed by atoms with Gasteiger partial charge in [0.15, 0.2) is 0 Å². The highest BCUT2D eigenvalue weighted by Crippen LogP contribution is 2.51. The Kier molecular flexibility index (Phi) is 4.12. The summed E-state index contributed by atoms with van der Waals surface area (Å²) < 4.78 is 39.5. The second-order valence-corrected chi connectivity index (χ2v) is 2.80. The third kappa shape index (κ3) is 4.93. The quantitative estimate of drug-likeness (QED) is 0.412. The van der Waals surface area contributed by atoms with Crippen molar-refractivity contribution in [1.29, 1.82) is 0 Å². The van der Waals surface area contributed by atoms with Crippen molar-refractivity contribution in [3.63, 3.8) is 0 Å². The summed E-state index contributed by atoms with van der Waals surface area (Å²) in [4.78, 5) is 0. The molecule has 0 aromatic carbocycles. The molecule has 0 saturated heterocycles. The van der Waals surface area contributed by atoms with Crippen LogP contribution in [0.15, 0.2) is 5.16 Å². The van der Waals surface area contributed by atoms with E-state index in [0.29, 0.717) is 0 Å². The molecule has 0 rings (SSSR count). The molecule has 0 aliphatic rings. The monoisotopic (exact) mass is 213 g/mol. The van der Waals surface area contributed by atoms with Crippen LogP contribution in [-0.4, -0.2) is 5.42 Å². The van der Waals surface area contributed by atoms with Gasteiger partial charge in [-0.2, -0.15) is 8.47 Å². The van der Waals surface area contributed by atoms with Crippen LogP contribution in [0.4, 0.5) is 8.59 Å². The fourth-order valence-electron chi connectivity index (χ4n) is 0.0922. The normalized spacial score (nSPS) is 18.2. The number of rotatable bonds is 3. The molecule has 60 valence electrons. The van der Waals surface area contributed by atoms with Crippen molar-refractivity contribution in [1.82, 2.24) is 0 Å². The fraction of sp³-hybridized carbons (Fsp3) is 0. The first kappa shape index (κ1) is 10.1. The Labute approximate surface area is 64.5 Å². The van der Waals surface area contributed by atoms with Crippen LogP contribution < -0.4 is 0 Å². The van der Waals surface area contributed by atoms with E-state index in [2.05, 4.69) is 37.3 Å². The van der Waals surface area contributed by atoms with E-state index in [4.69, 9.17) is 0 Å². The number of halogens is 4. The number of hydrogen-bond acceptors (Lipinski definition) is 4. The zero-order valence-electron chi connectivity index (χ0n) is 4.13. The van der Waals surface area contributed by atoms with Crippen LogP contribution in [0, 0.1) is 0 Å². The smallest absolute Gasteiger partial charge is 0.284 e. The van der Waals surface area contributed by atoms with Crippen LogP contribution in [0.25, 0.3) is 0 Å². The van der Waals surface area contributed by atoms with Crippen LogP contribution in [0.3, 0.4) is 0 Å². The van der Waals surface area contributed by atoms with Crippen molar-refractivity contribution in [2.75, 3.05) is 0 Å². The van der Waals surface area contributed by atoms with Gasteiger partial charge in [-0.1, -0.05) is 0 Å². The highest BCUT2D eigenvalue weighted by Gasteiger charge is 2.25. The molecule has 0 aromatic rings. The lowest BCUT2D eigenvalue weighted by atomic mass is 11.6. The number of oxime groups is 1. The summed E-state index contributed by atoms with van der Waals surface area (Å²) in [6.45, 7) is 0. The topological polar surface area (TPSA) is 47.9 Å². The Hall–Kier alpha value is 0.1000. The van der Waals surface area contributed by atoms with E-state index in [9.17, 15) is 13.2 Å². The molecule has 10 heavy (non-hydrogen) atoms. The number of hydrogen-bond donors (Lipinski definition) is 0. The Balaban J connectivity index is 3.92. The molecule has 0 bridgehead atoms. The van der Waals surface area contributed by atoms with Gasteiger partial charge in [0.1, 0.15) is 0 Å². The number of nitrogens with zero attached hydrogens (tertiary/aromatic N) is 1. The Morgan fingerprint density at radius 1 is 1.70 bits per heavy atom. The lowest BCUT2D eigenvalue weighted by Crippen LogP contribution is -1.78. The SMILES string of the molecule is O=P(F)(OCl)O/N=C(\F)Cl. The van der Waals surface area contributed by atoms with Gasteiger partial charge in [0.25, 0.3) is 0 Å². The molecule has 0 radical (unpaired) electrons. The van der Waals surface area contributed by atoms with E-state index in [1.165, 1.54) is 0 Å². The molecule has 9 heteroatoms. The van der Waals surface area contributed by atoms with Gasteiger partial charge >= 0.3 is 13.3 Å². The minimum Gasteiger partial charge on any atom is -0.284 e. The first-order valence-corrected chi connectivity index (χ1v) is 3.78. The standard InChI is InChI=1S/CCl2F2NO3P/c2-1(4)6-9-10(5,7)8-3/b6-1-. The Morgan fingerprint density at radius 2 is 2.20 bits per heavy atom. The first-order valence-electron chi connectivity index (χ1n) is 1.66. The van der Waals surface area contributed by atoms with Crippen LogP contribution in [0.2, 0.25) is 0 Å². The molecule has 0 amide bonds. The van der Waals surface area contributed by atoms with Crippen molar-refractivity contribution < 1.29 is 21.9 Å². The van der Waals surface area contributed by atoms with Crippen molar-refractivity contribution in [3.8, 4) is 0 Å². The van der Waals surface area contributed by atoms with E-state index in [0.717, 1.165) is 0 Å². The van der Waals surface area contributed by atoms with Crippen LogP contribution in [-0.2, 0) is 13.3 Å². The zero-order chi connectivity index (χ0) is 8.20. The average molecular weight is 214 g/mol. The molecular weight excluding hydrogens is 214 g/mol. The molecule has 1 atom stereocenters. The van der Waals surface area contributed by atoms with E-state index < -0.39 is 13.3 Å². The maximum Gasteiger partial charge on any atom is 0.607 e. The summed E-state index contributed by atoms with van der Waals surface area (Å²) in [5.41, 5.74) is -1.62. The maximum absolute atomic E-state index is 11.8. The molecule has 0 fully saturated rings. The van der Waals surface area contributed by atoms with Gasteiger partial charge in [0.05, 0.1) is 11.9 Å². The van der Waals surface area contributed by atoms with Crippen molar-refractivity contribution in [2.24, 2.45) is 5.16 Å². The van der Waals surface area contributed by atoms with Gasteiger partial charge in [-0.15, -0.1) is 4.20 Å². The predicted molar refractivity (Wildman–Crippen MR) is 31.1 cm³/mol. The first-order chi connectivity index (χ1) is 4.48. The molecule has 0 aliphatic carbocycles. The minimum absolute atomic E-state index is 1.62. The highest BCUT2D eigenvalue weighted by atomic mass is 35.5. The molecule has 0 aliphatic heterocycles. The second kappa shape index (κ2) is 4.08. The summed E-state index contributed by atoms with van der Waals surface area (Å²) in [6.07, 6.45) is 0. The van der Waals surface area contributed by atoms with Crippen LogP contribution in [0.5, 0.6) is 0 Å². The second-order valence-electron chi connectivity index (χ2n) is 0.913. The van der Waals surface area contributed by atoms with Gasteiger partial charge in [0.2, 0.25) is 0 Å². The predicted octanol–water partition coefficient (Wildman–Crippen LogP) is 2.73. The van der Waals surface area contributed by atoms with Gasteiger partial charge < -0.3 is 0 Å². The lowest BCUT2D eigenvalue weighted by molar-refractivity contribution is 0.247. The summed E-state index contributed by atoms with van der Waals surface area (Å²) in [7, 11) is -4.97. The third-order valence-electron chi connectivity index (χ3n) is 0.290. The Morgan fingerprint density at radius 3 is 2.50 bits per heavy atom. The van der Waals surface area contributed by atoms with E-state index >= 15 is 0 Å². The molecule has 0 saturated carbocycles. The average Bonchev–Trinajstić information content (AvgIpc) is 1.85. The van der Waals surface area contributed by atoms with Crippen molar-refractivity contribution in [3.05, 3.63) is 0 Å². The zero-order valence-corrected chi connectivity index (χ0v) is 6.54. The van der Waals surface area contributed by atoms with Gasteiger partial charge in [-0.25, -0.2) is 4.57 Å². The Bertz CT molecular complexity index is 181. The van der Waals surface area contributed by atoms with Gasteiger partial charge in [-0.3, -0.25) is 4.62 Å². The molecule has 0 N–H and O–H groups in total. The largest absolute Gasteiger partial charge is 0.607 e. The minimum atomic E-state index is -4.97. The molecule has 0 spiro atoms. The van der Waals surface area contributed by atoms with Crippen molar-refractivity contribution >= 4 is 36.8 Å². The summed E-state index contributed by atoms with van der Waals surface area (Å²) in [6, 6.07) is 0. The summed E-state index contributed by atoms with van der Waals surface area (Å²) in [5, 5.41) is 2.13. The van der Waals surface area contributed by atoms with E-state index in [1.807, 2.05) is 0 Å². The molecular formula is CCl2F2NO3P. The van der Waals surface area contributed by atoms with Crippen LogP contribution in [0.1, 0.15) is 0 Å². The summed E-state index contributed by atoms with van der Waals surface area (Å²) in [5.74, 6) is 0. The van der Waals surface area contributed by atoms with Crippen LogP contribution >= 0.6 is 31.4 Å². The van der Waals surface area contributed by atoms with Gasteiger partial charge in [0, 0.05) is 0 Å². The maximum atomic E-state index is 11.8. The molecule has 4 nitrogen and oxygen atoms in total. The van der Waals surface area contributed by atoms with E-state index in [1.54, 1.807) is 0 Å². The third-order valence-corrected chi connectivity index (χ3v) is 1.29. The lowest BCUT2D eigenvalue weighted by Gasteiger charge is -1.96. The molecule has 0 aromatic heterocycles. The van der Waals surface area contributed by atoms with Crippen molar-refractivity contribution in [2.45, 2.75) is 0 Å².